The Morgan fingerprint density at radius 3 is 2.74 bits per heavy atom. The van der Waals surface area contributed by atoms with Crippen LogP contribution in [-0.4, -0.2) is 64.8 Å². The van der Waals surface area contributed by atoms with E-state index in [2.05, 4.69) is 26.4 Å². The van der Waals surface area contributed by atoms with Crippen LogP contribution in [0.15, 0.2) is 47.1 Å². The molecule has 178 valence electrons. The molecule has 12 heteroatoms. The number of carbonyl (C=O) groups excluding carboxylic acids is 1. The number of aryl methyl sites for hydroxylation is 1. The second-order valence-corrected chi connectivity index (χ2v) is 10.3. The van der Waals surface area contributed by atoms with Gasteiger partial charge in [-0.25, -0.2) is 22.4 Å². The Balaban J connectivity index is 1.50. The van der Waals surface area contributed by atoms with Crippen molar-refractivity contribution in [2.45, 2.75) is 13.3 Å². The topological polar surface area (TPSA) is 149 Å². The van der Waals surface area contributed by atoms with E-state index in [0.717, 1.165) is 21.0 Å². The van der Waals surface area contributed by atoms with Crippen molar-refractivity contribution in [1.29, 1.82) is 0 Å². The zero-order valence-corrected chi connectivity index (χ0v) is 19.8. The minimum Gasteiger partial charge on any atom is -0.445 e. The zero-order valence-electron chi connectivity index (χ0n) is 19.0. The number of aromatic nitrogens is 4. The molecular formula is C22H25N7O4S. The molecule has 4 rings (SSSR count). The zero-order chi connectivity index (χ0) is 24.5. The number of hydrogen-bond donors (Lipinski definition) is 2. The predicted molar refractivity (Wildman–Crippen MR) is 128 cm³/mol. The molecule has 3 heterocycles. The van der Waals surface area contributed by atoms with Gasteiger partial charge in [0, 0.05) is 38.5 Å². The average molecular weight is 484 g/mol. The second kappa shape index (κ2) is 9.23. The van der Waals surface area contributed by atoms with E-state index in [1.165, 1.54) is 24.8 Å². The molecule has 0 aliphatic carbocycles. The van der Waals surface area contributed by atoms with Gasteiger partial charge < -0.3 is 15.5 Å². The Labute approximate surface area is 196 Å². The van der Waals surface area contributed by atoms with Crippen molar-refractivity contribution >= 4 is 32.8 Å². The van der Waals surface area contributed by atoms with E-state index < -0.39 is 15.9 Å². The highest BCUT2D eigenvalue weighted by Gasteiger charge is 2.18. The number of nitrogens with two attached hydrogens (primary N) is 1. The molecule has 4 aromatic rings. The smallest absolute Gasteiger partial charge is 0.287 e. The minimum atomic E-state index is -3.32. The van der Waals surface area contributed by atoms with Gasteiger partial charge in [0.05, 0.1) is 11.9 Å². The molecule has 0 atom stereocenters. The Bertz CT molecular complexity index is 1460. The van der Waals surface area contributed by atoms with E-state index >= 15 is 0 Å². The monoisotopic (exact) mass is 483 g/mol. The number of benzene rings is 1. The fraction of sp³-hybridized carbons (Fsp3) is 0.273. The maximum absolute atomic E-state index is 12.5. The van der Waals surface area contributed by atoms with Crippen LogP contribution in [-0.2, 0) is 10.0 Å². The molecule has 0 saturated carbocycles. The van der Waals surface area contributed by atoms with Crippen molar-refractivity contribution in [2.24, 2.45) is 0 Å². The van der Waals surface area contributed by atoms with Crippen molar-refractivity contribution < 1.29 is 17.6 Å². The maximum Gasteiger partial charge on any atom is 0.287 e. The summed E-state index contributed by atoms with van der Waals surface area (Å²) >= 11 is 0. The van der Waals surface area contributed by atoms with Crippen LogP contribution >= 0.6 is 0 Å². The number of sulfonamides is 1. The third-order valence-electron chi connectivity index (χ3n) is 5.17. The summed E-state index contributed by atoms with van der Waals surface area (Å²) in [6, 6.07) is 9.50. The Morgan fingerprint density at radius 2 is 2.00 bits per heavy atom. The lowest BCUT2D eigenvalue weighted by atomic mass is 10.1. The third-order valence-corrected chi connectivity index (χ3v) is 7.09. The van der Waals surface area contributed by atoms with Crippen molar-refractivity contribution in [2.75, 3.05) is 32.1 Å². The molecule has 0 bridgehead atoms. The molecular weight excluding hydrogens is 458 g/mol. The van der Waals surface area contributed by atoms with Gasteiger partial charge in [-0.1, -0.05) is 29.8 Å². The van der Waals surface area contributed by atoms with E-state index in [1.54, 1.807) is 12.4 Å². The predicted octanol–water partition coefficient (Wildman–Crippen LogP) is 1.98. The highest BCUT2D eigenvalue weighted by molar-refractivity contribution is 7.89. The van der Waals surface area contributed by atoms with E-state index in [9.17, 15) is 13.2 Å². The van der Waals surface area contributed by atoms with Crippen LogP contribution in [0.25, 0.3) is 28.2 Å². The van der Waals surface area contributed by atoms with E-state index in [4.69, 9.17) is 10.2 Å². The molecule has 0 spiro atoms. The number of fused-ring (bicyclic) bond motifs is 1. The van der Waals surface area contributed by atoms with Gasteiger partial charge in [-0.3, -0.25) is 4.79 Å². The van der Waals surface area contributed by atoms with Crippen LogP contribution < -0.4 is 11.1 Å². The first-order valence-electron chi connectivity index (χ1n) is 10.5. The van der Waals surface area contributed by atoms with Gasteiger partial charge in [-0.2, -0.15) is 10.1 Å². The van der Waals surface area contributed by atoms with Crippen molar-refractivity contribution in [3.05, 3.63) is 54.0 Å². The van der Waals surface area contributed by atoms with Gasteiger partial charge in [-0.05, 0) is 18.9 Å². The summed E-state index contributed by atoms with van der Waals surface area (Å²) in [7, 11) is -0.387. The summed E-state index contributed by atoms with van der Waals surface area (Å²) in [5, 5.41) is 6.98. The summed E-state index contributed by atoms with van der Waals surface area (Å²) in [6.45, 7) is 2.19. The molecule has 0 saturated heterocycles. The molecule has 1 aromatic carbocycles. The molecule has 0 aliphatic rings. The van der Waals surface area contributed by atoms with E-state index in [1.807, 2.05) is 25.1 Å². The lowest BCUT2D eigenvalue weighted by Gasteiger charge is -2.10. The summed E-state index contributed by atoms with van der Waals surface area (Å²) in [4.78, 5) is 21.1. The molecule has 0 aliphatic heterocycles. The summed E-state index contributed by atoms with van der Waals surface area (Å²) in [6.07, 6.45) is 3.77. The molecule has 3 N–H and O–H groups in total. The fourth-order valence-corrected chi connectivity index (χ4v) is 4.16. The lowest BCUT2D eigenvalue weighted by Crippen LogP contribution is -2.29. The van der Waals surface area contributed by atoms with Gasteiger partial charge in [0.1, 0.15) is 5.52 Å². The summed E-state index contributed by atoms with van der Waals surface area (Å²) in [5.41, 5.74) is 9.65. The molecule has 11 nitrogen and oxygen atoms in total. The van der Waals surface area contributed by atoms with Crippen LogP contribution in [0.2, 0.25) is 0 Å². The number of amides is 1. The number of nitrogens with zero attached hydrogens (tertiary/aromatic N) is 5. The number of carbonyl (C=O) groups is 1. The molecule has 34 heavy (non-hydrogen) atoms. The van der Waals surface area contributed by atoms with E-state index in [-0.39, 0.29) is 41.8 Å². The highest BCUT2D eigenvalue weighted by atomic mass is 32.2. The van der Waals surface area contributed by atoms with Gasteiger partial charge >= 0.3 is 0 Å². The lowest BCUT2D eigenvalue weighted by molar-refractivity contribution is 0.0928. The molecule has 3 aromatic heterocycles. The van der Waals surface area contributed by atoms with Crippen molar-refractivity contribution in [3.8, 4) is 17.1 Å². The number of hydrogen-bond acceptors (Lipinski definition) is 8. The number of furan rings is 1. The second-order valence-electron chi connectivity index (χ2n) is 7.98. The van der Waals surface area contributed by atoms with Gasteiger partial charge in [0.2, 0.25) is 10.0 Å². The third kappa shape index (κ3) is 4.92. The highest BCUT2D eigenvalue weighted by Crippen LogP contribution is 2.25. The SMILES string of the molecule is Cc1cccc(-c2cnn(-c3nc(N)c4oc(C(=O)NCCCS(=O)(=O)N(C)C)cc4n3)c2)c1. The van der Waals surface area contributed by atoms with Crippen molar-refractivity contribution in [1.82, 2.24) is 29.4 Å². The minimum absolute atomic E-state index is 0.00420. The standard InChI is InChI=1S/C22H25N7O4S/c1-14-6-4-7-15(10-14)16-12-25-29(13-16)22-26-17-11-18(33-19(17)20(23)27-22)21(30)24-8-5-9-34(31,32)28(2)3/h4,6-7,10-13H,5,8-9H2,1-3H3,(H,24,30)(H2,23,26,27). The first-order valence-corrected chi connectivity index (χ1v) is 12.1. The van der Waals surface area contributed by atoms with Gasteiger partial charge in [0.15, 0.2) is 17.2 Å². The van der Waals surface area contributed by atoms with Gasteiger partial charge in [-0.15, -0.1) is 0 Å². The first kappa shape index (κ1) is 23.4. The largest absolute Gasteiger partial charge is 0.445 e. The number of rotatable bonds is 8. The Hall–Kier alpha value is -3.77. The number of nitrogens with one attached hydrogen (secondary N) is 1. The van der Waals surface area contributed by atoms with Crippen LogP contribution in [0, 0.1) is 6.92 Å². The Kier molecular flexibility index (Phi) is 6.35. The van der Waals surface area contributed by atoms with Gasteiger partial charge in [0.25, 0.3) is 11.9 Å². The summed E-state index contributed by atoms with van der Waals surface area (Å²) < 4.78 is 31.8. The fourth-order valence-electron chi connectivity index (χ4n) is 3.29. The van der Waals surface area contributed by atoms with E-state index in [0.29, 0.717) is 5.52 Å². The molecule has 0 fully saturated rings. The molecule has 1 amide bonds. The average Bonchev–Trinajstić information content (AvgIpc) is 3.44. The molecule has 0 radical (unpaired) electrons. The first-order chi connectivity index (χ1) is 16.1. The molecule has 0 unspecified atom stereocenters. The van der Waals surface area contributed by atoms with Crippen molar-refractivity contribution in [3.63, 3.8) is 0 Å². The number of anilines is 1. The summed E-state index contributed by atoms with van der Waals surface area (Å²) in [5.74, 6) is -0.253. The number of nitrogen functional groups attached to an aromatic ring is 1. The maximum atomic E-state index is 12.5. The van der Waals surface area contributed by atoms with Crippen LogP contribution in [0.5, 0.6) is 0 Å². The Morgan fingerprint density at radius 1 is 1.21 bits per heavy atom. The van der Waals surface area contributed by atoms with Crippen LogP contribution in [0.3, 0.4) is 0 Å². The van der Waals surface area contributed by atoms with Crippen LogP contribution in [0.1, 0.15) is 22.5 Å². The van der Waals surface area contributed by atoms with Crippen LogP contribution in [0.4, 0.5) is 5.82 Å². The normalized spacial score (nSPS) is 11.9. The quantitative estimate of drug-likeness (QED) is 0.361.